The first-order chi connectivity index (χ1) is 8.58. The van der Waals surface area contributed by atoms with Crippen molar-refractivity contribution in [1.29, 1.82) is 0 Å². The standard InChI is InChI=1S/C12H14N4O2/c1-7-3-4-9(12-16-14-6-18-12)5-10(7)15-11(17)8(2)13/h3-6,8H,13H2,1-2H3,(H,15,17)/t8-/m0/s1. The van der Waals surface area contributed by atoms with Crippen molar-refractivity contribution < 1.29 is 9.21 Å². The van der Waals surface area contributed by atoms with E-state index < -0.39 is 6.04 Å². The van der Waals surface area contributed by atoms with Gasteiger partial charge in [0.2, 0.25) is 18.2 Å². The Labute approximate surface area is 104 Å². The third-order valence-electron chi connectivity index (χ3n) is 2.52. The SMILES string of the molecule is Cc1ccc(-c2nnco2)cc1NC(=O)[C@H](C)N. The highest BCUT2D eigenvalue weighted by molar-refractivity contribution is 5.95. The van der Waals surface area contributed by atoms with E-state index in [2.05, 4.69) is 15.5 Å². The summed E-state index contributed by atoms with van der Waals surface area (Å²) in [5, 5.41) is 10.2. The number of nitrogens with zero attached hydrogens (tertiary/aromatic N) is 2. The Balaban J connectivity index is 2.30. The zero-order valence-corrected chi connectivity index (χ0v) is 10.2. The maximum atomic E-state index is 11.6. The lowest BCUT2D eigenvalue weighted by Gasteiger charge is -2.11. The van der Waals surface area contributed by atoms with Crippen molar-refractivity contribution in [1.82, 2.24) is 10.2 Å². The number of benzene rings is 1. The molecule has 0 spiro atoms. The average Bonchev–Trinajstić information content (AvgIpc) is 2.85. The van der Waals surface area contributed by atoms with Crippen LogP contribution in [0.2, 0.25) is 0 Å². The Morgan fingerprint density at radius 2 is 2.28 bits per heavy atom. The zero-order chi connectivity index (χ0) is 13.1. The molecule has 3 N–H and O–H groups in total. The lowest BCUT2D eigenvalue weighted by Crippen LogP contribution is -2.32. The zero-order valence-electron chi connectivity index (χ0n) is 10.2. The Bertz CT molecular complexity index is 549. The van der Waals surface area contributed by atoms with E-state index in [9.17, 15) is 4.79 Å². The summed E-state index contributed by atoms with van der Waals surface area (Å²) < 4.78 is 5.11. The predicted octanol–water partition coefficient (Wildman–Crippen LogP) is 1.33. The van der Waals surface area contributed by atoms with Crippen molar-refractivity contribution in [2.24, 2.45) is 5.73 Å². The van der Waals surface area contributed by atoms with Crippen molar-refractivity contribution >= 4 is 11.6 Å². The second-order valence-corrected chi connectivity index (χ2v) is 4.05. The van der Waals surface area contributed by atoms with Crippen LogP contribution >= 0.6 is 0 Å². The van der Waals surface area contributed by atoms with Gasteiger partial charge in [-0.3, -0.25) is 4.79 Å². The molecule has 0 aliphatic heterocycles. The van der Waals surface area contributed by atoms with Crippen molar-refractivity contribution in [2.75, 3.05) is 5.32 Å². The molecular weight excluding hydrogens is 232 g/mol. The van der Waals surface area contributed by atoms with Gasteiger partial charge in [0, 0.05) is 11.3 Å². The first-order valence-electron chi connectivity index (χ1n) is 5.51. The minimum atomic E-state index is -0.559. The van der Waals surface area contributed by atoms with Gasteiger partial charge < -0.3 is 15.5 Å². The summed E-state index contributed by atoms with van der Waals surface area (Å²) in [7, 11) is 0. The molecule has 1 amide bonds. The van der Waals surface area contributed by atoms with E-state index in [1.54, 1.807) is 13.0 Å². The number of anilines is 1. The molecule has 0 bridgehead atoms. The summed E-state index contributed by atoms with van der Waals surface area (Å²) in [5.74, 6) is 0.173. The summed E-state index contributed by atoms with van der Waals surface area (Å²) in [6.45, 7) is 3.53. The Hall–Kier alpha value is -2.21. The summed E-state index contributed by atoms with van der Waals surface area (Å²) in [6, 6.07) is 4.94. The molecule has 0 radical (unpaired) electrons. The minimum Gasteiger partial charge on any atom is -0.423 e. The van der Waals surface area contributed by atoms with E-state index in [-0.39, 0.29) is 5.91 Å². The van der Waals surface area contributed by atoms with Crippen LogP contribution in [0.3, 0.4) is 0 Å². The van der Waals surface area contributed by atoms with Gasteiger partial charge in [0.15, 0.2) is 0 Å². The smallest absolute Gasteiger partial charge is 0.247 e. The molecular formula is C12H14N4O2. The molecule has 2 rings (SSSR count). The van der Waals surface area contributed by atoms with Gasteiger partial charge in [-0.25, -0.2) is 0 Å². The minimum absolute atomic E-state index is 0.235. The van der Waals surface area contributed by atoms with Gasteiger partial charge >= 0.3 is 0 Å². The van der Waals surface area contributed by atoms with Gasteiger partial charge in [-0.15, -0.1) is 10.2 Å². The summed E-state index contributed by atoms with van der Waals surface area (Å²) in [6.07, 6.45) is 1.26. The maximum Gasteiger partial charge on any atom is 0.247 e. The van der Waals surface area contributed by atoms with E-state index in [0.29, 0.717) is 11.6 Å². The van der Waals surface area contributed by atoms with Crippen LogP contribution in [-0.4, -0.2) is 22.1 Å². The quantitative estimate of drug-likeness (QED) is 0.852. The topological polar surface area (TPSA) is 94.0 Å². The molecule has 0 unspecified atom stereocenters. The van der Waals surface area contributed by atoms with Crippen molar-refractivity contribution in [2.45, 2.75) is 19.9 Å². The molecule has 2 aromatic rings. The molecule has 0 aliphatic carbocycles. The molecule has 1 aromatic heterocycles. The van der Waals surface area contributed by atoms with Crippen molar-refractivity contribution in [3.05, 3.63) is 30.2 Å². The number of rotatable bonds is 3. The lowest BCUT2D eigenvalue weighted by molar-refractivity contribution is -0.117. The normalized spacial score (nSPS) is 12.2. The lowest BCUT2D eigenvalue weighted by atomic mass is 10.1. The molecule has 0 aliphatic rings. The molecule has 0 saturated heterocycles. The predicted molar refractivity (Wildman–Crippen MR) is 66.8 cm³/mol. The second-order valence-electron chi connectivity index (χ2n) is 4.05. The highest BCUT2D eigenvalue weighted by Crippen LogP contribution is 2.23. The molecule has 1 atom stereocenters. The fourth-order valence-corrected chi connectivity index (χ4v) is 1.44. The summed E-state index contributed by atoms with van der Waals surface area (Å²) >= 11 is 0. The maximum absolute atomic E-state index is 11.6. The third-order valence-corrected chi connectivity index (χ3v) is 2.52. The monoisotopic (exact) mass is 246 g/mol. The van der Waals surface area contributed by atoms with Crippen LogP contribution in [0.4, 0.5) is 5.69 Å². The summed E-state index contributed by atoms with van der Waals surface area (Å²) in [5.41, 5.74) is 7.89. The number of hydrogen-bond acceptors (Lipinski definition) is 5. The van der Waals surface area contributed by atoms with Gasteiger partial charge in [0.25, 0.3) is 0 Å². The number of amides is 1. The number of aryl methyl sites for hydroxylation is 1. The Morgan fingerprint density at radius 3 is 2.89 bits per heavy atom. The fraction of sp³-hybridized carbons (Fsp3) is 0.250. The van der Waals surface area contributed by atoms with Crippen LogP contribution in [0.25, 0.3) is 11.5 Å². The molecule has 6 nitrogen and oxygen atoms in total. The largest absolute Gasteiger partial charge is 0.423 e. The third kappa shape index (κ3) is 2.54. The van der Waals surface area contributed by atoms with E-state index in [1.807, 2.05) is 19.1 Å². The van der Waals surface area contributed by atoms with Crippen molar-refractivity contribution in [3.8, 4) is 11.5 Å². The van der Waals surface area contributed by atoms with E-state index in [1.165, 1.54) is 6.39 Å². The molecule has 18 heavy (non-hydrogen) atoms. The van der Waals surface area contributed by atoms with Crippen LogP contribution in [0.5, 0.6) is 0 Å². The van der Waals surface area contributed by atoms with Gasteiger partial charge in [0.05, 0.1) is 6.04 Å². The number of nitrogens with two attached hydrogens (primary N) is 1. The second kappa shape index (κ2) is 4.97. The van der Waals surface area contributed by atoms with Gasteiger partial charge in [-0.2, -0.15) is 0 Å². The van der Waals surface area contributed by atoms with Gasteiger partial charge in [0.1, 0.15) is 0 Å². The molecule has 94 valence electrons. The van der Waals surface area contributed by atoms with Gasteiger partial charge in [-0.1, -0.05) is 6.07 Å². The number of hydrogen-bond donors (Lipinski definition) is 2. The van der Waals surface area contributed by atoms with Gasteiger partial charge in [-0.05, 0) is 31.5 Å². The van der Waals surface area contributed by atoms with Crippen LogP contribution in [-0.2, 0) is 4.79 Å². The fourth-order valence-electron chi connectivity index (χ4n) is 1.44. The van der Waals surface area contributed by atoms with Crippen LogP contribution in [0.1, 0.15) is 12.5 Å². The number of carbonyl (C=O) groups excluding carboxylic acids is 1. The first-order valence-corrected chi connectivity index (χ1v) is 5.51. The Morgan fingerprint density at radius 1 is 1.50 bits per heavy atom. The molecule has 6 heteroatoms. The van der Waals surface area contributed by atoms with Crippen LogP contribution in [0, 0.1) is 6.92 Å². The molecule has 1 heterocycles. The van der Waals surface area contributed by atoms with E-state index in [0.717, 1.165) is 11.1 Å². The van der Waals surface area contributed by atoms with Crippen LogP contribution < -0.4 is 11.1 Å². The molecule has 0 saturated carbocycles. The number of aromatic nitrogens is 2. The number of nitrogens with one attached hydrogen (secondary N) is 1. The van der Waals surface area contributed by atoms with E-state index >= 15 is 0 Å². The number of carbonyl (C=O) groups is 1. The first kappa shape index (κ1) is 12.3. The molecule has 1 aromatic carbocycles. The average molecular weight is 246 g/mol. The highest BCUT2D eigenvalue weighted by atomic mass is 16.4. The Kier molecular flexibility index (Phi) is 3.38. The van der Waals surface area contributed by atoms with Crippen LogP contribution in [0.15, 0.2) is 29.0 Å². The van der Waals surface area contributed by atoms with E-state index in [4.69, 9.17) is 10.2 Å². The summed E-state index contributed by atoms with van der Waals surface area (Å²) in [4.78, 5) is 11.6. The molecule has 0 fully saturated rings. The highest BCUT2D eigenvalue weighted by Gasteiger charge is 2.11. The van der Waals surface area contributed by atoms with Crippen molar-refractivity contribution in [3.63, 3.8) is 0 Å².